The van der Waals surface area contributed by atoms with E-state index in [0.717, 1.165) is 24.0 Å². The van der Waals surface area contributed by atoms with E-state index in [4.69, 9.17) is 9.47 Å². The number of azo groups is 1. The Bertz CT molecular complexity index is 616. The van der Waals surface area contributed by atoms with Gasteiger partial charge in [-0.1, -0.05) is 74.5 Å². The number of benzene rings is 2. The van der Waals surface area contributed by atoms with Gasteiger partial charge in [-0.15, -0.1) is 0 Å². The summed E-state index contributed by atoms with van der Waals surface area (Å²) in [5.74, 6) is 0. The fourth-order valence-corrected chi connectivity index (χ4v) is 2.24. The maximum Gasteiger partial charge on any atom is 0.176 e. The van der Waals surface area contributed by atoms with Crippen LogP contribution in [0.2, 0.25) is 0 Å². The fraction of sp³-hybridized carbons (Fsp3) is 0.455. The summed E-state index contributed by atoms with van der Waals surface area (Å²) in [6.07, 6.45) is 1.48. The molecule has 0 saturated heterocycles. The second-order valence-corrected chi connectivity index (χ2v) is 6.81. The van der Waals surface area contributed by atoms with Gasteiger partial charge in [0.1, 0.15) is 0 Å². The normalized spacial score (nSPS) is 16.3. The second-order valence-electron chi connectivity index (χ2n) is 6.81. The summed E-state index contributed by atoms with van der Waals surface area (Å²) in [4.78, 5) is 0. The van der Waals surface area contributed by atoms with E-state index in [9.17, 15) is 0 Å². The van der Waals surface area contributed by atoms with E-state index in [1.807, 2.05) is 74.5 Å². The molecule has 2 rings (SSSR count). The molecule has 0 saturated carbocycles. The van der Waals surface area contributed by atoms with Crippen LogP contribution in [0.5, 0.6) is 0 Å². The molecule has 2 unspecified atom stereocenters. The third-order valence-electron chi connectivity index (χ3n) is 4.57. The Morgan fingerprint density at radius 1 is 0.654 bits per heavy atom. The van der Waals surface area contributed by atoms with Crippen molar-refractivity contribution >= 4 is 0 Å². The highest BCUT2D eigenvalue weighted by Gasteiger charge is 2.27. The molecule has 0 fully saturated rings. The molecule has 2 aromatic carbocycles. The summed E-state index contributed by atoms with van der Waals surface area (Å²) < 4.78 is 12.1. The van der Waals surface area contributed by atoms with Gasteiger partial charge < -0.3 is 9.47 Å². The highest BCUT2D eigenvalue weighted by atomic mass is 16.5. The van der Waals surface area contributed by atoms with Crippen molar-refractivity contribution in [2.75, 3.05) is 0 Å². The minimum Gasteiger partial charge on any atom is -0.348 e. The van der Waals surface area contributed by atoms with Crippen LogP contribution in [0.3, 0.4) is 0 Å². The van der Waals surface area contributed by atoms with Gasteiger partial charge in [0.2, 0.25) is 0 Å². The molecular weight excluding hydrogens is 324 g/mol. The topological polar surface area (TPSA) is 43.2 Å². The molecule has 140 valence electrons. The lowest BCUT2D eigenvalue weighted by molar-refractivity contribution is -0.0725. The van der Waals surface area contributed by atoms with Crippen molar-refractivity contribution in [1.29, 1.82) is 0 Å². The lowest BCUT2D eigenvalue weighted by atomic mass is 10.2. The van der Waals surface area contributed by atoms with Gasteiger partial charge >= 0.3 is 0 Å². The standard InChI is InChI=1S/C22H30N2O2/c1-5-21(3,25-17-19-13-9-7-10-14-19)23-24-22(4,6-2)26-18-20-15-11-8-12-16-20/h7-16H,5-6,17-18H2,1-4H3. The van der Waals surface area contributed by atoms with Crippen molar-refractivity contribution in [3.63, 3.8) is 0 Å². The molecule has 0 aliphatic rings. The van der Waals surface area contributed by atoms with E-state index >= 15 is 0 Å². The molecule has 4 heteroatoms. The molecule has 26 heavy (non-hydrogen) atoms. The summed E-state index contributed by atoms with van der Waals surface area (Å²) in [6.45, 7) is 9.06. The van der Waals surface area contributed by atoms with Gasteiger partial charge in [-0.3, -0.25) is 0 Å². The Kier molecular flexibility index (Phi) is 7.49. The average Bonchev–Trinajstić information content (AvgIpc) is 2.71. The predicted octanol–water partition coefficient (Wildman–Crippen LogP) is 6.12. The monoisotopic (exact) mass is 354 g/mol. The van der Waals surface area contributed by atoms with Gasteiger partial charge in [0, 0.05) is 0 Å². The average molecular weight is 354 g/mol. The Hall–Kier alpha value is -2.04. The smallest absolute Gasteiger partial charge is 0.176 e. The maximum absolute atomic E-state index is 6.05. The molecule has 2 atom stereocenters. The fourth-order valence-electron chi connectivity index (χ4n) is 2.24. The lowest BCUT2D eigenvalue weighted by Gasteiger charge is -2.27. The van der Waals surface area contributed by atoms with E-state index in [1.54, 1.807) is 0 Å². The number of hydrogen-bond donors (Lipinski definition) is 0. The third kappa shape index (κ3) is 6.36. The van der Waals surface area contributed by atoms with Crippen LogP contribution in [0.4, 0.5) is 0 Å². The highest BCUT2D eigenvalue weighted by molar-refractivity contribution is 5.14. The first-order valence-corrected chi connectivity index (χ1v) is 9.28. The number of nitrogens with zero attached hydrogens (tertiary/aromatic N) is 2. The Balaban J connectivity index is 1.98. The summed E-state index contributed by atoms with van der Waals surface area (Å²) in [5, 5.41) is 9.04. The number of hydrogen-bond acceptors (Lipinski definition) is 4. The third-order valence-corrected chi connectivity index (χ3v) is 4.57. The van der Waals surface area contributed by atoms with Crippen LogP contribution >= 0.6 is 0 Å². The van der Waals surface area contributed by atoms with Gasteiger partial charge in [-0.05, 0) is 37.8 Å². The number of ether oxygens (including phenoxy) is 2. The molecule has 0 heterocycles. The predicted molar refractivity (Wildman–Crippen MR) is 105 cm³/mol. The lowest BCUT2D eigenvalue weighted by Crippen LogP contribution is -2.29. The molecule has 0 aliphatic heterocycles. The van der Waals surface area contributed by atoms with Crippen molar-refractivity contribution in [3.8, 4) is 0 Å². The summed E-state index contributed by atoms with van der Waals surface area (Å²) >= 11 is 0. The zero-order valence-corrected chi connectivity index (χ0v) is 16.3. The van der Waals surface area contributed by atoms with Gasteiger partial charge in [-0.25, -0.2) is 0 Å². The van der Waals surface area contributed by atoms with Crippen molar-refractivity contribution in [1.82, 2.24) is 0 Å². The molecule has 0 radical (unpaired) electrons. The van der Waals surface area contributed by atoms with Gasteiger partial charge in [-0.2, -0.15) is 10.2 Å². The second kappa shape index (κ2) is 9.60. The van der Waals surface area contributed by atoms with E-state index in [1.165, 1.54) is 0 Å². The zero-order valence-electron chi connectivity index (χ0n) is 16.3. The summed E-state index contributed by atoms with van der Waals surface area (Å²) in [5.41, 5.74) is 0.923. The van der Waals surface area contributed by atoms with Crippen LogP contribution in [0, 0.1) is 0 Å². The van der Waals surface area contributed by atoms with E-state index < -0.39 is 11.4 Å². The molecule has 4 nitrogen and oxygen atoms in total. The first-order valence-electron chi connectivity index (χ1n) is 9.28. The largest absolute Gasteiger partial charge is 0.348 e. The molecule has 0 N–H and O–H groups in total. The SMILES string of the molecule is CCC(C)(N=NC(C)(CC)OCc1ccccc1)OCc1ccccc1. The Morgan fingerprint density at radius 2 is 1.00 bits per heavy atom. The molecule has 0 amide bonds. The van der Waals surface area contributed by atoms with Crippen LogP contribution in [0.1, 0.15) is 51.7 Å². The molecule has 0 aliphatic carbocycles. The highest BCUT2D eigenvalue weighted by Crippen LogP contribution is 2.25. The van der Waals surface area contributed by atoms with Crippen molar-refractivity contribution in [3.05, 3.63) is 71.8 Å². The Morgan fingerprint density at radius 3 is 1.31 bits per heavy atom. The number of rotatable bonds is 10. The van der Waals surface area contributed by atoms with Gasteiger partial charge in [0.15, 0.2) is 11.4 Å². The van der Waals surface area contributed by atoms with Crippen LogP contribution in [-0.2, 0) is 22.7 Å². The minimum absolute atomic E-state index is 0.512. The summed E-state index contributed by atoms with van der Waals surface area (Å²) in [6, 6.07) is 20.2. The van der Waals surface area contributed by atoms with E-state index in [0.29, 0.717) is 13.2 Å². The minimum atomic E-state index is -0.664. The first-order chi connectivity index (χ1) is 12.5. The quantitative estimate of drug-likeness (QED) is 0.482. The van der Waals surface area contributed by atoms with Crippen LogP contribution in [0.25, 0.3) is 0 Å². The van der Waals surface area contributed by atoms with Crippen molar-refractivity contribution < 1.29 is 9.47 Å². The maximum atomic E-state index is 6.05. The molecular formula is C22H30N2O2. The van der Waals surface area contributed by atoms with Crippen LogP contribution < -0.4 is 0 Å². The van der Waals surface area contributed by atoms with Crippen LogP contribution in [0.15, 0.2) is 70.9 Å². The molecule has 0 spiro atoms. The van der Waals surface area contributed by atoms with Crippen molar-refractivity contribution in [2.24, 2.45) is 10.2 Å². The van der Waals surface area contributed by atoms with E-state index in [-0.39, 0.29) is 0 Å². The van der Waals surface area contributed by atoms with Crippen molar-refractivity contribution in [2.45, 2.75) is 65.2 Å². The van der Waals surface area contributed by atoms with E-state index in [2.05, 4.69) is 24.1 Å². The molecule has 2 aromatic rings. The Labute approximate surface area is 157 Å². The first kappa shape index (κ1) is 20.3. The van der Waals surface area contributed by atoms with Crippen LogP contribution in [-0.4, -0.2) is 11.4 Å². The molecule has 0 bridgehead atoms. The van der Waals surface area contributed by atoms with Gasteiger partial charge in [0.25, 0.3) is 0 Å². The summed E-state index contributed by atoms with van der Waals surface area (Å²) in [7, 11) is 0. The zero-order chi connectivity index (χ0) is 18.9. The van der Waals surface area contributed by atoms with Gasteiger partial charge in [0.05, 0.1) is 13.2 Å². The molecule has 0 aromatic heterocycles.